The van der Waals surface area contributed by atoms with E-state index in [4.69, 9.17) is 0 Å². The van der Waals surface area contributed by atoms with Crippen LogP contribution < -0.4 is 10.6 Å². The fourth-order valence-corrected chi connectivity index (χ4v) is 0.944. The minimum Gasteiger partial charge on any atom is -0.467 e. The quantitative estimate of drug-likeness (QED) is 0.449. The Hall–Kier alpha value is -1.59. The molecular formula is C9H16N2O4. The van der Waals surface area contributed by atoms with Gasteiger partial charge in [-0.15, -0.1) is 0 Å². The van der Waals surface area contributed by atoms with Gasteiger partial charge in [-0.2, -0.15) is 0 Å². The lowest BCUT2D eigenvalue weighted by Gasteiger charge is -2.17. The Balaban J connectivity index is 4.23. The molecule has 0 heterocycles. The second-order valence-electron chi connectivity index (χ2n) is 3.00. The second kappa shape index (κ2) is 6.80. The highest BCUT2D eigenvalue weighted by atomic mass is 16.5. The number of carbonyl (C=O) groups is 3. The van der Waals surface area contributed by atoms with Crippen molar-refractivity contribution in [3.8, 4) is 0 Å². The van der Waals surface area contributed by atoms with Crippen LogP contribution in [-0.4, -0.2) is 37.5 Å². The minimum absolute atomic E-state index is 0.417. The molecule has 0 aromatic heterocycles. The monoisotopic (exact) mass is 216 g/mol. The van der Waals surface area contributed by atoms with Crippen molar-refractivity contribution in [2.24, 2.45) is 0 Å². The van der Waals surface area contributed by atoms with Gasteiger partial charge in [0, 0.05) is 0 Å². The molecular weight excluding hydrogens is 200 g/mol. The van der Waals surface area contributed by atoms with E-state index in [-0.39, 0.29) is 0 Å². The lowest BCUT2D eigenvalue weighted by Crippen LogP contribution is -2.48. The highest BCUT2D eigenvalue weighted by Crippen LogP contribution is 1.95. The van der Waals surface area contributed by atoms with Crippen molar-refractivity contribution in [3.63, 3.8) is 0 Å². The summed E-state index contributed by atoms with van der Waals surface area (Å²) < 4.78 is 4.50. The topological polar surface area (TPSA) is 84.5 Å². The lowest BCUT2D eigenvalue weighted by atomic mass is 10.2. The maximum absolute atomic E-state index is 11.4. The largest absolute Gasteiger partial charge is 0.467 e. The van der Waals surface area contributed by atoms with Gasteiger partial charge >= 0.3 is 5.97 Å². The van der Waals surface area contributed by atoms with Crippen molar-refractivity contribution in [2.75, 3.05) is 7.11 Å². The first-order valence-corrected chi connectivity index (χ1v) is 4.64. The Morgan fingerprint density at radius 2 is 2.07 bits per heavy atom. The van der Waals surface area contributed by atoms with E-state index in [1.807, 2.05) is 0 Å². The van der Waals surface area contributed by atoms with Crippen LogP contribution in [0.4, 0.5) is 0 Å². The summed E-state index contributed by atoms with van der Waals surface area (Å²) in [4.78, 5) is 32.6. The zero-order valence-corrected chi connectivity index (χ0v) is 9.07. The van der Waals surface area contributed by atoms with Crippen LogP contribution in [0.3, 0.4) is 0 Å². The van der Waals surface area contributed by atoms with Crippen LogP contribution in [0.1, 0.15) is 20.3 Å². The fourth-order valence-electron chi connectivity index (χ4n) is 0.944. The molecule has 86 valence electrons. The van der Waals surface area contributed by atoms with Gasteiger partial charge in [0.1, 0.15) is 12.1 Å². The van der Waals surface area contributed by atoms with Gasteiger partial charge < -0.3 is 15.4 Å². The highest BCUT2D eigenvalue weighted by Gasteiger charge is 2.21. The third-order valence-electron chi connectivity index (χ3n) is 1.92. The maximum Gasteiger partial charge on any atom is 0.328 e. The molecule has 0 spiro atoms. The number of carbonyl (C=O) groups excluding carboxylic acids is 3. The van der Waals surface area contributed by atoms with Crippen LogP contribution in [-0.2, 0) is 19.1 Å². The van der Waals surface area contributed by atoms with Crippen LogP contribution >= 0.6 is 0 Å². The predicted molar refractivity (Wildman–Crippen MR) is 52.9 cm³/mol. The van der Waals surface area contributed by atoms with Crippen molar-refractivity contribution in [1.82, 2.24) is 10.6 Å². The SMILES string of the molecule is CCC(NC(=O)[C@H](C)NC=O)C(=O)OC. The second-order valence-corrected chi connectivity index (χ2v) is 3.00. The van der Waals surface area contributed by atoms with Crippen LogP contribution in [0.15, 0.2) is 0 Å². The molecule has 2 atom stereocenters. The molecule has 0 aliphatic heterocycles. The molecule has 1 unspecified atom stereocenters. The average molecular weight is 216 g/mol. The zero-order chi connectivity index (χ0) is 11.8. The molecule has 0 aliphatic carbocycles. The summed E-state index contributed by atoms with van der Waals surface area (Å²) in [5.41, 5.74) is 0. The van der Waals surface area contributed by atoms with Gasteiger partial charge in [-0.3, -0.25) is 9.59 Å². The van der Waals surface area contributed by atoms with Crippen LogP contribution in [0, 0.1) is 0 Å². The standard InChI is InChI=1S/C9H16N2O4/c1-4-7(9(14)15-3)11-8(13)6(2)10-5-12/h5-7H,4H2,1-3H3,(H,10,12)(H,11,13)/t6-,7?/m0/s1. The molecule has 6 heteroatoms. The van der Waals surface area contributed by atoms with E-state index in [2.05, 4.69) is 15.4 Å². The number of amides is 2. The molecule has 0 aliphatic rings. The summed E-state index contributed by atoms with van der Waals surface area (Å²) in [6, 6.07) is -1.33. The maximum atomic E-state index is 11.4. The third-order valence-corrected chi connectivity index (χ3v) is 1.92. The third kappa shape index (κ3) is 4.44. The van der Waals surface area contributed by atoms with Gasteiger partial charge in [-0.25, -0.2) is 4.79 Å². The molecule has 0 fully saturated rings. The van der Waals surface area contributed by atoms with Gasteiger partial charge in [-0.1, -0.05) is 6.92 Å². The molecule has 0 saturated carbocycles. The van der Waals surface area contributed by atoms with Crippen molar-refractivity contribution in [1.29, 1.82) is 0 Å². The predicted octanol–water partition coefficient (Wildman–Crippen LogP) is -0.811. The van der Waals surface area contributed by atoms with E-state index >= 15 is 0 Å². The van der Waals surface area contributed by atoms with Crippen molar-refractivity contribution in [2.45, 2.75) is 32.4 Å². The first kappa shape index (κ1) is 13.4. The molecule has 2 amide bonds. The normalized spacial score (nSPS) is 13.5. The van der Waals surface area contributed by atoms with Crippen LogP contribution in [0.2, 0.25) is 0 Å². The number of methoxy groups -OCH3 is 1. The highest BCUT2D eigenvalue weighted by molar-refractivity contribution is 5.88. The number of esters is 1. The van der Waals surface area contributed by atoms with Crippen LogP contribution in [0.5, 0.6) is 0 Å². The van der Waals surface area contributed by atoms with Gasteiger partial charge in [0.25, 0.3) is 0 Å². The Bertz CT molecular complexity index is 242. The van der Waals surface area contributed by atoms with Crippen molar-refractivity contribution in [3.05, 3.63) is 0 Å². The summed E-state index contributed by atoms with van der Waals surface area (Å²) in [5.74, 6) is -0.913. The van der Waals surface area contributed by atoms with Gasteiger partial charge in [0.05, 0.1) is 7.11 Å². The van der Waals surface area contributed by atoms with E-state index in [1.54, 1.807) is 6.92 Å². The number of hydrogen-bond acceptors (Lipinski definition) is 4. The molecule has 0 bridgehead atoms. The first-order chi connectivity index (χ1) is 7.06. The Morgan fingerprint density at radius 1 is 1.47 bits per heavy atom. The Morgan fingerprint density at radius 3 is 2.47 bits per heavy atom. The fraction of sp³-hybridized carbons (Fsp3) is 0.667. The molecule has 2 N–H and O–H groups in total. The summed E-state index contributed by atoms with van der Waals surface area (Å²) in [6.07, 6.45) is 0.871. The summed E-state index contributed by atoms with van der Waals surface area (Å²) >= 11 is 0. The van der Waals surface area contributed by atoms with E-state index in [0.717, 1.165) is 0 Å². The van der Waals surface area contributed by atoms with Crippen LogP contribution in [0.25, 0.3) is 0 Å². The molecule has 0 saturated heterocycles. The van der Waals surface area contributed by atoms with Crippen molar-refractivity contribution >= 4 is 18.3 Å². The Labute approximate surface area is 88.4 Å². The minimum atomic E-state index is -0.668. The number of nitrogens with one attached hydrogen (secondary N) is 2. The zero-order valence-electron chi connectivity index (χ0n) is 9.07. The van der Waals surface area contributed by atoms with E-state index in [9.17, 15) is 14.4 Å². The summed E-state index contributed by atoms with van der Waals surface area (Å²) in [7, 11) is 1.25. The number of hydrogen-bond donors (Lipinski definition) is 2. The molecule has 0 radical (unpaired) electrons. The average Bonchev–Trinajstić information content (AvgIpc) is 2.24. The molecule has 0 aromatic rings. The smallest absolute Gasteiger partial charge is 0.328 e. The first-order valence-electron chi connectivity index (χ1n) is 4.64. The number of ether oxygens (including phenoxy) is 1. The number of rotatable bonds is 6. The molecule has 15 heavy (non-hydrogen) atoms. The van der Waals surface area contributed by atoms with E-state index in [0.29, 0.717) is 12.8 Å². The lowest BCUT2D eigenvalue weighted by molar-refractivity contribution is -0.145. The molecule has 0 aromatic carbocycles. The summed E-state index contributed by atoms with van der Waals surface area (Å²) in [5, 5.41) is 4.75. The summed E-state index contributed by atoms with van der Waals surface area (Å²) in [6.45, 7) is 3.27. The Kier molecular flexibility index (Phi) is 6.08. The molecule has 0 rings (SSSR count). The molecule has 6 nitrogen and oxygen atoms in total. The van der Waals surface area contributed by atoms with Gasteiger partial charge in [0.15, 0.2) is 0 Å². The van der Waals surface area contributed by atoms with Crippen molar-refractivity contribution < 1.29 is 19.1 Å². The van der Waals surface area contributed by atoms with E-state index < -0.39 is 24.0 Å². The van der Waals surface area contributed by atoms with Gasteiger partial charge in [0.2, 0.25) is 12.3 Å². The van der Waals surface area contributed by atoms with Gasteiger partial charge in [-0.05, 0) is 13.3 Å². The van der Waals surface area contributed by atoms with E-state index in [1.165, 1.54) is 14.0 Å².